The summed E-state index contributed by atoms with van der Waals surface area (Å²) < 4.78 is 5.11. The molecule has 0 saturated carbocycles. The van der Waals surface area contributed by atoms with E-state index in [9.17, 15) is 4.79 Å². The number of phenols is 1. The van der Waals surface area contributed by atoms with Crippen molar-refractivity contribution in [3.05, 3.63) is 29.8 Å². The van der Waals surface area contributed by atoms with Gasteiger partial charge in [-0.3, -0.25) is 0 Å². The first-order valence-corrected chi connectivity index (χ1v) is 4.85. The fraction of sp³-hybridized carbons (Fsp3) is 0.417. The molecule has 0 spiro atoms. The molecule has 0 radical (unpaired) electrons. The van der Waals surface area contributed by atoms with Crippen molar-refractivity contribution < 1.29 is 14.6 Å². The first-order valence-electron chi connectivity index (χ1n) is 4.85. The lowest BCUT2D eigenvalue weighted by atomic mass is 9.99. The highest BCUT2D eigenvalue weighted by Gasteiger charge is 2.14. The van der Waals surface area contributed by atoms with Crippen LogP contribution in [0.4, 0.5) is 0 Å². The number of carbonyl (C=O) groups is 1. The number of hydrogen-bond acceptors (Lipinski definition) is 3. The minimum atomic E-state index is -0.357. The van der Waals surface area contributed by atoms with Gasteiger partial charge in [0, 0.05) is 0 Å². The van der Waals surface area contributed by atoms with Gasteiger partial charge in [-0.1, -0.05) is 20.8 Å². The summed E-state index contributed by atoms with van der Waals surface area (Å²) in [5.41, 5.74) is 0.420. The maximum atomic E-state index is 11.5. The molecule has 0 saturated heterocycles. The first kappa shape index (κ1) is 11.6. The highest BCUT2D eigenvalue weighted by Crippen LogP contribution is 2.15. The molecule has 0 aliphatic rings. The Hall–Kier alpha value is -1.51. The standard InChI is InChI=1S/C12H16O3/c1-12(2,3)8-15-11(14)9-4-6-10(13)7-5-9/h4-7,13H,8H2,1-3H3. The monoisotopic (exact) mass is 208 g/mol. The Morgan fingerprint density at radius 1 is 1.27 bits per heavy atom. The molecule has 1 rings (SSSR count). The van der Waals surface area contributed by atoms with Crippen LogP contribution >= 0.6 is 0 Å². The summed E-state index contributed by atoms with van der Waals surface area (Å²) in [6, 6.07) is 6.02. The van der Waals surface area contributed by atoms with Gasteiger partial charge in [0.2, 0.25) is 0 Å². The highest BCUT2D eigenvalue weighted by molar-refractivity contribution is 5.89. The highest BCUT2D eigenvalue weighted by atomic mass is 16.5. The van der Waals surface area contributed by atoms with Gasteiger partial charge in [0.25, 0.3) is 0 Å². The predicted octanol–water partition coefficient (Wildman–Crippen LogP) is 2.60. The van der Waals surface area contributed by atoms with E-state index in [1.165, 1.54) is 12.1 Å². The molecule has 1 aromatic rings. The maximum absolute atomic E-state index is 11.5. The van der Waals surface area contributed by atoms with Crippen LogP contribution < -0.4 is 0 Å². The van der Waals surface area contributed by atoms with E-state index >= 15 is 0 Å². The summed E-state index contributed by atoms with van der Waals surface area (Å²) in [6.07, 6.45) is 0. The summed E-state index contributed by atoms with van der Waals surface area (Å²) in [7, 11) is 0. The molecule has 0 aliphatic heterocycles. The maximum Gasteiger partial charge on any atom is 0.338 e. The van der Waals surface area contributed by atoms with Gasteiger partial charge in [0.1, 0.15) is 5.75 Å². The van der Waals surface area contributed by atoms with E-state index in [1.807, 2.05) is 20.8 Å². The molecule has 82 valence electrons. The van der Waals surface area contributed by atoms with Crippen molar-refractivity contribution >= 4 is 5.97 Å². The third kappa shape index (κ3) is 4.02. The molecule has 0 atom stereocenters. The number of rotatable bonds is 2. The van der Waals surface area contributed by atoms with Gasteiger partial charge in [-0.05, 0) is 29.7 Å². The van der Waals surface area contributed by atoms with Crippen molar-refractivity contribution in [3.63, 3.8) is 0 Å². The zero-order valence-electron chi connectivity index (χ0n) is 9.28. The Labute approximate surface area is 89.7 Å². The molecule has 0 unspecified atom stereocenters. The molecule has 0 aliphatic carbocycles. The van der Waals surface area contributed by atoms with E-state index in [4.69, 9.17) is 9.84 Å². The summed E-state index contributed by atoms with van der Waals surface area (Å²) in [6.45, 7) is 6.37. The molecule has 3 heteroatoms. The van der Waals surface area contributed by atoms with E-state index in [1.54, 1.807) is 12.1 Å². The first-order chi connectivity index (χ1) is 6.88. The number of ether oxygens (including phenoxy) is 1. The van der Waals surface area contributed by atoms with Gasteiger partial charge in [0.05, 0.1) is 12.2 Å². The second kappa shape index (κ2) is 4.34. The summed E-state index contributed by atoms with van der Waals surface area (Å²) in [4.78, 5) is 11.5. The molecule has 0 aromatic heterocycles. The van der Waals surface area contributed by atoms with Crippen LogP contribution in [0.1, 0.15) is 31.1 Å². The van der Waals surface area contributed by atoms with Gasteiger partial charge in [-0.15, -0.1) is 0 Å². The van der Waals surface area contributed by atoms with E-state index in [0.29, 0.717) is 12.2 Å². The summed E-state index contributed by atoms with van der Waals surface area (Å²) >= 11 is 0. The second-order valence-corrected chi connectivity index (χ2v) is 4.68. The van der Waals surface area contributed by atoms with Crippen LogP contribution in [0.25, 0.3) is 0 Å². The lowest BCUT2D eigenvalue weighted by molar-refractivity contribution is 0.0367. The van der Waals surface area contributed by atoms with Crippen molar-refractivity contribution in [1.29, 1.82) is 0 Å². The van der Waals surface area contributed by atoms with Gasteiger partial charge < -0.3 is 9.84 Å². The van der Waals surface area contributed by atoms with E-state index in [-0.39, 0.29) is 17.1 Å². The molecule has 0 fully saturated rings. The quantitative estimate of drug-likeness (QED) is 0.760. The molecule has 3 nitrogen and oxygen atoms in total. The third-order valence-electron chi connectivity index (χ3n) is 1.74. The van der Waals surface area contributed by atoms with Crippen molar-refractivity contribution in [1.82, 2.24) is 0 Å². The van der Waals surface area contributed by atoms with Crippen LogP contribution in [0.2, 0.25) is 0 Å². The number of phenolic OH excluding ortho intramolecular Hbond substituents is 1. The van der Waals surface area contributed by atoms with Crippen molar-refractivity contribution in [2.45, 2.75) is 20.8 Å². The molecule has 0 bridgehead atoms. The largest absolute Gasteiger partial charge is 0.508 e. The predicted molar refractivity (Wildman–Crippen MR) is 57.8 cm³/mol. The van der Waals surface area contributed by atoms with E-state index < -0.39 is 0 Å². The molecular formula is C12H16O3. The number of esters is 1. The molecule has 1 aromatic carbocycles. The number of benzene rings is 1. The molecular weight excluding hydrogens is 192 g/mol. The van der Waals surface area contributed by atoms with E-state index in [0.717, 1.165) is 0 Å². The van der Waals surface area contributed by atoms with Crippen molar-refractivity contribution in [2.24, 2.45) is 5.41 Å². The van der Waals surface area contributed by atoms with Gasteiger partial charge in [-0.25, -0.2) is 4.79 Å². The molecule has 15 heavy (non-hydrogen) atoms. The van der Waals surface area contributed by atoms with Gasteiger partial charge >= 0.3 is 5.97 Å². The van der Waals surface area contributed by atoms with Crippen LogP contribution in [0.15, 0.2) is 24.3 Å². The number of hydrogen-bond donors (Lipinski definition) is 1. The Balaban J connectivity index is 2.58. The Bertz CT molecular complexity index is 333. The molecule has 0 amide bonds. The van der Waals surface area contributed by atoms with Crippen LogP contribution in [0, 0.1) is 5.41 Å². The van der Waals surface area contributed by atoms with Gasteiger partial charge in [0.15, 0.2) is 0 Å². The fourth-order valence-electron chi connectivity index (χ4n) is 0.963. The lowest BCUT2D eigenvalue weighted by Crippen LogP contribution is -2.18. The zero-order valence-corrected chi connectivity index (χ0v) is 9.28. The van der Waals surface area contributed by atoms with Crippen molar-refractivity contribution in [2.75, 3.05) is 6.61 Å². The lowest BCUT2D eigenvalue weighted by Gasteiger charge is -2.17. The van der Waals surface area contributed by atoms with E-state index in [2.05, 4.69) is 0 Å². The SMILES string of the molecule is CC(C)(C)COC(=O)c1ccc(O)cc1. The van der Waals surface area contributed by atoms with Crippen molar-refractivity contribution in [3.8, 4) is 5.75 Å². The summed E-state index contributed by atoms with van der Waals surface area (Å²) in [5.74, 6) is -0.215. The fourth-order valence-corrected chi connectivity index (χ4v) is 0.963. The second-order valence-electron chi connectivity index (χ2n) is 4.68. The Kier molecular flexibility index (Phi) is 3.35. The average molecular weight is 208 g/mol. The minimum Gasteiger partial charge on any atom is -0.508 e. The molecule has 1 N–H and O–H groups in total. The van der Waals surface area contributed by atoms with Crippen LogP contribution in [-0.2, 0) is 4.74 Å². The third-order valence-corrected chi connectivity index (χ3v) is 1.74. The Morgan fingerprint density at radius 3 is 2.27 bits per heavy atom. The normalized spacial score (nSPS) is 11.1. The minimum absolute atomic E-state index is 0.0351. The molecule has 0 heterocycles. The smallest absolute Gasteiger partial charge is 0.338 e. The topological polar surface area (TPSA) is 46.5 Å². The summed E-state index contributed by atoms with van der Waals surface area (Å²) in [5, 5.41) is 9.05. The zero-order chi connectivity index (χ0) is 11.5. The van der Waals surface area contributed by atoms with Gasteiger partial charge in [-0.2, -0.15) is 0 Å². The number of carbonyl (C=O) groups excluding carboxylic acids is 1. The Morgan fingerprint density at radius 2 is 1.80 bits per heavy atom. The van der Waals surface area contributed by atoms with Crippen LogP contribution in [0.3, 0.4) is 0 Å². The van der Waals surface area contributed by atoms with Crippen LogP contribution in [-0.4, -0.2) is 17.7 Å². The average Bonchev–Trinajstić information content (AvgIpc) is 2.14. The number of aromatic hydroxyl groups is 1. The van der Waals surface area contributed by atoms with Crippen LogP contribution in [0.5, 0.6) is 5.75 Å².